The van der Waals surface area contributed by atoms with E-state index < -0.39 is 0 Å². The number of hydrogen-bond donors (Lipinski definition) is 1. The van der Waals surface area contributed by atoms with Crippen LogP contribution in [0.25, 0.3) is 0 Å². The third kappa shape index (κ3) is 10.2. The Hall–Kier alpha value is -0.853. The zero-order valence-electron chi connectivity index (χ0n) is 5.56. The van der Waals surface area contributed by atoms with Crippen LogP contribution in [0.2, 0.25) is 0 Å². The first kappa shape index (κ1) is 11.9. The Balaban J connectivity index is 0. The van der Waals surface area contributed by atoms with Crippen molar-refractivity contribution in [3.05, 3.63) is 24.8 Å². The van der Waals surface area contributed by atoms with Crippen LogP contribution in [0.15, 0.2) is 18.7 Å². The zero-order chi connectivity index (χ0) is 6.95. The monoisotopic (exact) mass is 132 g/mol. The summed E-state index contributed by atoms with van der Waals surface area (Å²) in [5.41, 5.74) is 0. The van der Waals surface area contributed by atoms with Gasteiger partial charge in [-0.2, -0.15) is 0 Å². The molecule has 0 saturated carbocycles. The second-order valence-corrected chi connectivity index (χ2v) is 0.944. The van der Waals surface area contributed by atoms with E-state index in [0.29, 0.717) is 0 Å². The molecule has 0 saturated heterocycles. The predicted molar refractivity (Wildman–Crippen MR) is 29.6 cm³/mol. The van der Waals surface area contributed by atoms with Crippen LogP contribution in [0.4, 0.5) is 0 Å². The van der Waals surface area contributed by atoms with Gasteiger partial charge in [0.05, 0.1) is 0 Å². The molecule has 0 aliphatic rings. The molecular weight excluding hydrogens is 127 g/mol. The maximum atomic E-state index is 8.36. The molecule has 0 aliphatic carbocycles. The summed E-state index contributed by atoms with van der Waals surface area (Å²) >= 11 is 0. The molecule has 0 atom stereocenters. The minimum atomic E-state index is -0.250. The van der Waals surface area contributed by atoms with Crippen LogP contribution >= 0.6 is 0 Å². The van der Waals surface area contributed by atoms with Crippen LogP contribution < -0.4 is 18.9 Å². The van der Waals surface area contributed by atoms with E-state index in [4.69, 9.17) is 9.90 Å². The molecule has 0 spiro atoms. The van der Waals surface area contributed by atoms with E-state index in [1.54, 1.807) is 12.4 Å². The summed E-state index contributed by atoms with van der Waals surface area (Å²) in [5.74, 6) is 0. The molecule has 1 heterocycles. The van der Waals surface area contributed by atoms with Gasteiger partial charge in [-0.25, -0.2) is 0 Å². The van der Waals surface area contributed by atoms with E-state index in [1.807, 2.05) is 0 Å². The third-order valence-corrected chi connectivity index (χ3v) is 0.431. The molecule has 0 amide bonds. The molecule has 1 rings (SSSR count). The molecule has 0 fully saturated rings. The number of carboxylic acid groups (broad SMARTS) is 1. The largest absolute Gasteiger partial charge is 1.00 e. The fourth-order valence-corrected chi connectivity index (χ4v) is 0.225. The number of rotatable bonds is 0. The van der Waals surface area contributed by atoms with Crippen LogP contribution in [-0.2, 0) is 4.79 Å². The van der Waals surface area contributed by atoms with Crippen molar-refractivity contribution in [2.24, 2.45) is 0 Å². The van der Waals surface area contributed by atoms with Crippen LogP contribution in [0.3, 0.4) is 0 Å². The molecule has 5 heteroatoms. The third-order valence-electron chi connectivity index (χ3n) is 0.431. The van der Waals surface area contributed by atoms with Gasteiger partial charge in [0.15, 0.2) is 0 Å². The predicted octanol–water partition coefficient (Wildman–Crippen LogP) is -3.02. The van der Waals surface area contributed by atoms with Gasteiger partial charge in [0.1, 0.15) is 6.33 Å². The number of nitrogens with zero attached hydrogens (tertiary/aromatic N) is 2. The van der Waals surface area contributed by atoms with E-state index in [9.17, 15) is 0 Å². The SMILES string of the molecule is O=CO.[Li+].[c-]1cncnc1. The van der Waals surface area contributed by atoms with Gasteiger partial charge in [-0.15, -0.1) is 12.4 Å². The minimum Gasteiger partial charge on any atom is -0.483 e. The van der Waals surface area contributed by atoms with Gasteiger partial charge in [0, 0.05) is 0 Å². The van der Waals surface area contributed by atoms with Crippen molar-refractivity contribution in [1.29, 1.82) is 0 Å². The summed E-state index contributed by atoms with van der Waals surface area (Å²) < 4.78 is 0. The van der Waals surface area contributed by atoms with Gasteiger partial charge in [0.2, 0.25) is 0 Å². The van der Waals surface area contributed by atoms with Crippen LogP contribution in [0.5, 0.6) is 0 Å². The summed E-state index contributed by atoms with van der Waals surface area (Å²) in [6.45, 7) is -0.250. The van der Waals surface area contributed by atoms with Gasteiger partial charge in [-0.1, -0.05) is 0 Å². The topological polar surface area (TPSA) is 63.1 Å². The zero-order valence-corrected chi connectivity index (χ0v) is 5.56. The standard InChI is InChI=1S/C4H3N2.CH2O2.Li/c1-2-5-4-6-3-1;2-1-3;/h2-4H;1H,(H,2,3);/q-1;;+1. The second kappa shape index (κ2) is 11.0. The van der Waals surface area contributed by atoms with Crippen LogP contribution in [-0.4, -0.2) is 21.5 Å². The molecular formula is C5H5LiN2O2. The maximum absolute atomic E-state index is 8.36. The molecule has 1 aromatic heterocycles. The Kier molecular flexibility index (Phi) is 13.1. The van der Waals surface area contributed by atoms with Crippen LogP contribution in [0, 0.1) is 6.07 Å². The summed E-state index contributed by atoms with van der Waals surface area (Å²) in [5, 5.41) is 6.89. The fraction of sp³-hybridized carbons (Fsp3) is 0. The second-order valence-electron chi connectivity index (χ2n) is 0.944. The quantitative estimate of drug-likeness (QED) is 0.232. The van der Waals surface area contributed by atoms with E-state index >= 15 is 0 Å². The minimum absolute atomic E-state index is 0. The molecule has 0 unspecified atom stereocenters. The Morgan fingerprint density at radius 2 is 1.80 bits per heavy atom. The van der Waals surface area contributed by atoms with E-state index in [2.05, 4.69) is 16.0 Å². The summed E-state index contributed by atoms with van der Waals surface area (Å²) in [7, 11) is 0. The maximum Gasteiger partial charge on any atom is 1.00 e. The van der Waals surface area contributed by atoms with Gasteiger partial charge in [-0.05, 0) is 0 Å². The van der Waals surface area contributed by atoms with Crippen molar-refractivity contribution >= 4 is 6.47 Å². The Bertz CT molecular complexity index is 121. The van der Waals surface area contributed by atoms with Crippen molar-refractivity contribution < 1.29 is 28.8 Å². The Morgan fingerprint density at radius 1 is 1.40 bits per heavy atom. The fourth-order valence-electron chi connectivity index (χ4n) is 0.225. The van der Waals surface area contributed by atoms with Crippen molar-refractivity contribution in [1.82, 2.24) is 9.97 Å². The molecule has 4 nitrogen and oxygen atoms in total. The number of carbonyl (C=O) groups is 1. The molecule has 0 aromatic carbocycles. The summed E-state index contributed by atoms with van der Waals surface area (Å²) in [4.78, 5) is 15.6. The molecule has 1 N–H and O–H groups in total. The van der Waals surface area contributed by atoms with Gasteiger partial charge < -0.3 is 11.2 Å². The Labute approximate surface area is 70.5 Å². The number of hydrogen-bond acceptors (Lipinski definition) is 3. The van der Waals surface area contributed by atoms with E-state index in [1.165, 1.54) is 6.33 Å². The number of aromatic nitrogens is 2. The average Bonchev–Trinajstić information content (AvgIpc) is 1.93. The normalized spacial score (nSPS) is 6.00. The molecule has 10 heavy (non-hydrogen) atoms. The summed E-state index contributed by atoms with van der Waals surface area (Å²) in [6, 6.07) is 2.67. The smallest absolute Gasteiger partial charge is 0.483 e. The Morgan fingerprint density at radius 3 is 1.90 bits per heavy atom. The van der Waals surface area contributed by atoms with Gasteiger partial charge in [-0.3, -0.25) is 14.8 Å². The van der Waals surface area contributed by atoms with Crippen molar-refractivity contribution in [2.75, 3.05) is 0 Å². The van der Waals surface area contributed by atoms with Crippen molar-refractivity contribution in [3.63, 3.8) is 0 Å². The van der Waals surface area contributed by atoms with Crippen molar-refractivity contribution in [3.8, 4) is 0 Å². The first-order valence-electron chi connectivity index (χ1n) is 2.10. The molecule has 0 aliphatic heterocycles. The van der Waals surface area contributed by atoms with Gasteiger partial charge in [0.25, 0.3) is 6.47 Å². The first-order chi connectivity index (χ1) is 4.41. The summed E-state index contributed by atoms with van der Waals surface area (Å²) in [6.07, 6.45) is 4.59. The van der Waals surface area contributed by atoms with Crippen molar-refractivity contribution in [2.45, 2.75) is 0 Å². The average molecular weight is 132 g/mol. The van der Waals surface area contributed by atoms with Crippen LogP contribution in [0.1, 0.15) is 0 Å². The molecule has 1 aromatic rings. The van der Waals surface area contributed by atoms with E-state index in [-0.39, 0.29) is 25.3 Å². The molecule has 48 valence electrons. The first-order valence-corrected chi connectivity index (χ1v) is 2.10. The van der Waals surface area contributed by atoms with E-state index in [0.717, 1.165) is 0 Å². The molecule has 0 bridgehead atoms. The molecule has 0 radical (unpaired) electrons. The van der Waals surface area contributed by atoms with Gasteiger partial charge >= 0.3 is 18.9 Å².